The molecule has 1 N–H and O–H groups in total. The third kappa shape index (κ3) is 5.35. The summed E-state index contributed by atoms with van der Waals surface area (Å²) in [6.07, 6.45) is 5.69. The van der Waals surface area contributed by atoms with E-state index in [4.69, 9.17) is 9.84 Å². The molecule has 0 saturated heterocycles. The standard InChI is InChI=1S/C27H28N4O2/c1-4-33-18-20-8-10-22(11-9-20)27(32)29-16-21-6-5-7-23(14-21)26-25(17-31(3)30-26)24-12-13-28-15-19(24)2/h5-15,17H,4,16,18H2,1-3H3,(H,29,32). The number of aryl methyl sites for hydroxylation is 2. The maximum absolute atomic E-state index is 12.6. The highest BCUT2D eigenvalue weighted by molar-refractivity contribution is 5.94. The number of rotatable bonds is 8. The van der Waals surface area contributed by atoms with E-state index in [2.05, 4.69) is 23.3 Å². The molecule has 1 amide bonds. The van der Waals surface area contributed by atoms with Crippen LogP contribution < -0.4 is 5.32 Å². The van der Waals surface area contributed by atoms with Gasteiger partial charge in [0.2, 0.25) is 0 Å². The van der Waals surface area contributed by atoms with Crippen LogP contribution >= 0.6 is 0 Å². The molecule has 0 radical (unpaired) electrons. The molecule has 0 saturated carbocycles. The van der Waals surface area contributed by atoms with Crippen LogP contribution in [0.1, 0.15) is 34.0 Å². The van der Waals surface area contributed by atoms with Gasteiger partial charge in [-0.15, -0.1) is 0 Å². The van der Waals surface area contributed by atoms with Crippen LogP contribution in [0, 0.1) is 6.92 Å². The second-order valence-electron chi connectivity index (χ2n) is 7.97. The molecule has 2 heterocycles. The molecule has 0 aliphatic heterocycles. The van der Waals surface area contributed by atoms with Crippen molar-refractivity contribution in [1.82, 2.24) is 20.1 Å². The highest BCUT2D eigenvalue weighted by Gasteiger charge is 2.14. The second kappa shape index (κ2) is 10.2. The molecule has 6 nitrogen and oxygen atoms in total. The van der Waals surface area contributed by atoms with Gasteiger partial charge in [0, 0.05) is 55.5 Å². The monoisotopic (exact) mass is 440 g/mol. The van der Waals surface area contributed by atoms with Crippen molar-refractivity contribution in [2.24, 2.45) is 7.05 Å². The second-order valence-corrected chi connectivity index (χ2v) is 7.97. The van der Waals surface area contributed by atoms with Crippen LogP contribution in [0.3, 0.4) is 0 Å². The Hall–Kier alpha value is -3.77. The van der Waals surface area contributed by atoms with Gasteiger partial charge in [-0.1, -0.05) is 30.3 Å². The molecular formula is C27H28N4O2. The molecule has 33 heavy (non-hydrogen) atoms. The minimum Gasteiger partial charge on any atom is -0.377 e. The lowest BCUT2D eigenvalue weighted by molar-refractivity contribution is 0.0950. The lowest BCUT2D eigenvalue weighted by Gasteiger charge is -2.09. The van der Waals surface area contributed by atoms with E-state index < -0.39 is 0 Å². The zero-order valence-corrected chi connectivity index (χ0v) is 19.2. The Morgan fingerprint density at radius 3 is 2.64 bits per heavy atom. The fourth-order valence-electron chi connectivity index (χ4n) is 3.76. The number of carbonyl (C=O) groups excluding carboxylic acids is 1. The Labute approximate surface area is 194 Å². The molecule has 2 aromatic carbocycles. The maximum atomic E-state index is 12.6. The van der Waals surface area contributed by atoms with Crippen molar-refractivity contribution < 1.29 is 9.53 Å². The summed E-state index contributed by atoms with van der Waals surface area (Å²) in [6.45, 7) is 5.67. The average Bonchev–Trinajstić information content (AvgIpc) is 3.23. The Morgan fingerprint density at radius 1 is 1.06 bits per heavy atom. The number of hydrogen-bond acceptors (Lipinski definition) is 4. The summed E-state index contributed by atoms with van der Waals surface area (Å²) in [4.78, 5) is 16.8. The van der Waals surface area contributed by atoms with Crippen molar-refractivity contribution in [2.45, 2.75) is 27.0 Å². The molecule has 0 aliphatic rings. The van der Waals surface area contributed by atoms with Crippen LogP contribution in [0.4, 0.5) is 0 Å². The molecule has 0 bridgehead atoms. The molecule has 0 spiro atoms. The van der Waals surface area contributed by atoms with Gasteiger partial charge in [0.1, 0.15) is 5.69 Å². The predicted molar refractivity (Wildman–Crippen MR) is 130 cm³/mol. The van der Waals surface area contributed by atoms with Gasteiger partial charge < -0.3 is 10.1 Å². The van der Waals surface area contributed by atoms with E-state index in [1.54, 1.807) is 6.20 Å². The number of pyridine rings is 1. The lowest BCUT2D eigenvalue weighted by atomic mass is 9.98. The third-order valence-electron chi connectivity index (χ3n) is 5.48. The number of nitrogens with zero attached hydrogens (tertiary/aromatic N) is 3. The van der Waals surface area contributed by atoms with Crippen molar-refractivity contribution in [3.05, 3.63) is 95.4 Å². The first-order chi connectivity index (χ1) is 16.0. The molecule has 4 aromatic rings. The molecule has 0 fully saturated rings. The molecule has 4 rings (SSSR count). The number of amides is 1. The van der Waals surface area contributed by atoms with Crippen LogP contribution in [0.2, 0.25) is 0 Å². The number of hydrogen-bond donors (Lipinski definition) is 1. The number of nitrogens with one attached hydrogen (secondary N) is 1. The minimum absolute atomic E-state index is 0.103. The molecular weight excluding hydrogens is 412 g/mol. The normalized spacial score (nSPS) is 10.9. The maximum Gasteiger partial charge on any atom is 0.251 e. The number of benzene rings is 2. The fourth-order valence-corrected chi connectivity index (χ4v) is 3.76. The quantitative estimate of drug-likeness (QED) is 0.422. The minimum atomic E-state index is -0.103. The van der Waals surface area contributed by atoms with Crippen molar-refractivity contribution in [1.29, 1.82) is 0 Å². The summed E-state index contributed by atoms with van der Waals surface area (Å²) in [5, 5.41) is 7.72. The zero-order valence-electron chi connectivity index (χ0n) is 19.2. The van der Waals surface area contributed by atoms with E-state index in [1.807, 2.05) is 79.6 Å². The molecule has 6 heteroatoms. The first-order valence-corrected chi connectivity index (χ1v) is 11.0. The first-order valence-electron chi connectivity index (χ1n) is 11.0. The van der Waals surface area contributed by atoms with Gasteiger partial charge in [-0.3, -0.25) is 14.5 Å². The first kappa shape index (κ1) is 22.4. The molecule has 0 aliphatic carbocycles. The van der Waals surface area contributed by atoms with Gasteiger partial charge in [0.25, 0.3) is 5.91 Å². The van der Waals surface area contributed by atoms with Crippen molar-refractivity contribution >= 4 is 5.91 Å². The summed E-state index contributed by atoms with van der Waals surface area (Å²) >= 11 is 0. The summed E-state index contributed by atoms with van der Waals surface area (Å²) in [7, 11) is 1.92. The summed E-state index contributed by atoms with van der Waals surface area (Å²) in [5.74, 6) is -0.103. The lowest BCUT2D eigenvalue weighted by Crippen LogP contribution is -2.22. The van der Waals surface area contributed by atoms with Crippen molar-refractivity contribution in [3.63, 3.8) is 0 Å². The Kier molecular flexibility index (Phi) is 6.95. The number of aromatic nitrogens is 3. The largest absolute Gasteiger partial charge is 0.377 e. The molecule has 0 atom stereocenters. The van der Waals surface area contributed by atoms with Gasteiger partial charge in [0.15, 0.2) is 0 Å². The van der Waals surface area contributed by atoms with E-state index in [9.17, 15) is 4.79 Å². The predicted octanol–water partition coefficient (Wildman–Crippen LogP) is 4.92. The fraction of sp³-hybridized carbons (Fsp3) is 0.222. The van der Waals surface area contributed by atoms with Crippen LogP contribution in [0.25, 0.3) is 22.4 Å². The summed E-state index contributed by atoms with van der Waals surface area (Å²) < 4.78 is 7.23. The van der Waals surface area contributed by atoms with Gasteiger partial charge in [0.05, 0.1) is 6.61 Å². The third-order valence-corrected chi connectivity index (χ3v) is 5.48. The Morgan fingerprint density at radius 2 is 1.88 bits per heavy atom. The van der Waals surface area contributed by atoms with Gasteiger partial charge in [-0.25, -0.2) is 0 Å². The molecule has 2 aromatic heterocycles. The van der Waals surface area contributed by atoms with Crippen molar-refractivity contribution in [3.8, 4) is 22.4 Å². The van der Waals surface area contributed by atoms with Crippen LogP contribution in [-0.2, 0) is 24.9 Å². The average molecular weight is 441 g/mol. The Bertz CT molecular complexity index is 1250. The zero-order chi connectivity index (χ0) is 23.2. The topological polar surface area (TPSA) is 69.0 Å². The van der Waals surface area contributed by atoms with Crippen LogP contribution in [0.5, 0.6) is 0 Å². The van der Waals surface area contributed by atoms with Crippen LogP contribution in [-0.4, -0.2) is 27.3 Å². The van der Waals surface area contributed by atoms with Gasteiger partial charge in [-0.05, 0) is 60.4 Å². The molecule has 0 unspecified atom stereocenters. The van der Waals surface area contributed by atoms with E-state index in [-0.39, 0.29) is 5.91 Å². The number of carbonyl (C=O) groups is 1. The van der Waals surface area contributed by atoms with Gasteiger partial charge >= 0.3 is 0 Å². The highest BCUT2D eigenvalue weighted by atomic mass is 16.5. The van der Waals surface area contributed by atoms with E-state index in [0.717, 1.165) is 39.1 Å². The van der Waals surface area contributed by atoms with E-state index in [0.29, 0.717) is 25.3 Å². The number of ether oxygens (including phenoxy) is 1. The molecule has 168 valence electrons. The SMILES string of the molecule is CCOCc1ccc(C(=O)NCc2cccc(-c3nn(C)cc3-c3ccncc3C)c2)cc1. The summed E-state index contributed by atoms with van der Waals surface area (Å²) in [6, 6.07) is 17.7. The van der Waals surface area contributed by atoms with Crippen molar-refractivity contribution in [2.75, 3.05) is 6.61 Å². The Balaban J connectivity index is 1.49. The van der Waals surface area contributed by atoms with Crippen LogP contribution in [0.15, 0.2) is 73.2 Å². The van der Waals surface area contributed by atoms with E-state index >= 15 is 0 Å². The smallest absolute Gasteiger partial charge is 0.251 e. The summed E-state index contributed by atoms with van der Waals surface area (Å²) in [5.41, 5.74) is 7.88. The highest BCUT2D eigenvalue weighted by Crippen LogP contribution is 2.32. The van der Waals surface area contributed by atoms with E-state index in [1.165, 1.54) is 0 Å². The van der Waals surface area contributed by atoms with Gasteiger partial charge in [-0.2, -0.15) is 5.10 Å².